The molecular formula is C15H26N4O2. The van der Waals surface area contributed by atoms with Crippen molar-refractivity contribution in [3.63, 3.8) is 0 Å². The maximum Gasteiger partial charge on any atom is 0.224 e. The minimum atomic E-state index is -0.00213. The smallest absolute Gasteiger partial charge is 0.224 e. The van der Waals surface area contributed by atoms with Crippen molar-refractivity contribution in [1.29, 1.82) is 0 Å². The molecule has 1 aromatic heterocycles. The summed E-state index contributed by atoms with van der Waals surface area (Å²) in [5, 5.41) is 3.90. The van der Waals surface area contributed by atoms with Gasteiger partial charge in [-0.2, -0.15) is 0 Å². The molecule has 6 heteroatoms. The molecule has 21 heavy (non-hydrogen) atoms. The van der Waals surface area contributed by atoms with E-state index in [0.717, 1.165) is 57.0 Å². The molecule has 1 unspecified atom stereocenters. The standard InChI is InChI=1S/C15H26N4O2/c1-3-4-13(16)10-15(20)19-7-5-18(6-8-19)11-14-9-12(2)17-21-14/h9,13H,3-8,10-11,16H2,1-2H3. The Balaban J connectivity index is 1.73. The molecule has 1 aromatic rings. The molecule has 6 nitrogen and oxygen atoms in total. The van der Waals surface area contributed by atoms with Gasteiger partial charge in [0.2, 0.25) is 5.91 Å². The number of hydrogen-bond acceptors (Lipinski definition) is 5. The Bertz CT molecular complexity index is 452. The number of nitrogens with two attached hydrogens (primary N) is 1. The van der Waals surface area contributed by atoms with Gasteiger partial charge in [-0.3, -0.25) is 9.69 Å². The highest BCUT2D eigenvalue weighted by molar-refractivity contribution is 5.76. The van der Waals surface area contributed by atoms with Crippen molar-refractivity contribution in [2.24, 2.45) is 5.73 Å². The van der Waals surface area contributed by atoms with Crippen LogP contribution >= 0.6 is 0 Å². The number of piperazine rings is 1. The van der Waals surface area contributed by atoms with E-state index in [9.17, 15) is 4.79 Å². The lowest BCUT2D eigenvalue weighted by Crippen LogP contribution is -2.49. The Labute approximate surface area is 126 Å². The monoisotopic (exact) mass is 294 g/mol. The average molecular weight is 294 g/mol. The van der Waals surface area contributed by atoms with Gasteiger partial charge in [0, 0.05) is 44.7 Å². The molecule has 2 rings (SSSR count). The Morgan fingerprint density at radius 1 is 1.43 bits per heavy atom. The van der Waals surface area contributed by atoms with Gasteiger partial charge in [0.15, 0.2) is 5.76 Å². The molecule has 2 N–H and O–H groups in total. The van der Waals surface area contributed by atoms with Crippen LogP contribution in [-0.2, 0) is 11.3 Å². The van der Waals surface area contributed by atoms with Crippen LogP contribution in [0.25, 0.3) is 0 Å². The van der Waals surface area contributed by atoms with Crippen molar-refractivity contribution in [2.45, 2.75) is 45.7 Å². The summed E-state index contributed by atoms with van der Waals surface area (Å²) < 4.78 is 5.23. The van der Waals surface area contributed by atoms with Crippen LogP contribution < -0.4 is 5.73 Å². The molecule has 118 valence electrons. The highest BCUT2D eigenvalue weighted by Gasteiger charge is 2.22. The Morgan fingerprint density at radius 2 is 2.14 bits per heavy atom. The van der Waals surface area contributed by atoms with Crippen molar-refractivity contribution in [1.82, 2.24) is 15.0 Å². The second-order valence-electron chi connectivity index (χ2n) is 5.84. The van der Waals surface area contributed by atoms with Crippen molar-refractivity contribution < 1.29 is 9.32 Å². The zero-order valence-corrected chi connectivity index (χ0v) is 13.0. The van der Waals surface area contributed by atoms with Gasteiger partial charge in [-0.15, -0.1) is 0 Å². The summed E-state index contributed by atoms with van der Waals surface area (Å²) in [6.07, 6.45) is 2.41. The molecule has 2 heterocycles. The first kappa shape index (κ1) is 16.0. The fourth-order valence-corrected chi connectivity index (χ4v) is 2.69. The minimum Gasteiger partial charge on any atom is -0.360 e. The van der Waals surface area contributed by atoms with E-state index in [1.54, 1.807) is 0 Å². The quantitative estimate of drug-likeness (QED) is 0.851. The molecule has 1 amide bonds. The SMILES string of the molecule is CCCC(N)CC(=O)N1CCN(Cc2cc(C)no2)CC1. The van der Waals surface area contributed by atoms with E-state index >= 15 is 0 Å². The van der Waals surface area contributed by atoms with E-state index in [4.69, 9.17) is 10.3 Å². The van der Waals surface area contributed by atoms with Crippen molar-refractivity contribution in [2.75, 3.05) is 26.2 Å². The predicted molar refractivity (Wildman–Crippen MR) is 80.6 cm³/mol. The lowest BCUT2D eigenvalue weighted by Gasteiger charge is -2.34. The van der Waals surface area contributed by atoms with Crippen LogP contribution in [0.3, 0.4) is 0 Å². The third-order valence-electron chi connectivity index (χ3n) is 3.88. The molecule has 0 spiro atoms. The number of carbonyl (C=O) groups excluding carboxylic acids is 1. The maximum absolute atomic E-state index is 12.2. The molecule has 1 aliphatic heterocycles. The van der Waals surface area contributed by atoms with Gasteiger partial charge in [0.05, 0.1) is 12.2 Å². The summed E-state index contributed by atoms with van der Waals surface area (Å²) >= 11 is 0. The molecule has 1 saturated heterocycles. The summed E-state index contributed by atoms with van der Waals surface area (Å²) in [5.41, 5.74) is 6.85. The summed E-state index contributed by atoms with van der Waals surface area (Å²) in [7, 11) is 0. The van der Waals surface area contributed by atoms with Crippen LogP contribution in [0.15, 0.2) is 10.6 Å². The van der Waals surface area contributed by atoms with Gasteiger partial charge in [-0.05, 0) is 13.3 Å². The molecule has 0 radical (unpaired) electrons. The summed E-state index contributed by atoms with van der Waals surface area (Å²) in [6.45, 7) is 8.05. The van der Waals surface area contributed by atoms with Gasteiger partial charge < -0.3 is 15.2 Å². The highest BCUT2D eigenvalue weighted by Crippen LogP contribution is 2.11. The lowest BCUT2D eigenvalue weighted by atomic mass is 10.1. The molecule has 0 saturated carbocycles. The van der Waals surface area contributed by atoms with E-state index in [-0.39, 0.29) is 11.9 Å². The van der Waals surface area contributed by atoms with E-state index in [0.29, 0.717) is 6.42 Å². The number of amides is 1. The zero-order chi connectivity index (χ0) is 15.2. The lowest BCUT2D eigenvalue weighted by molar-refractivity contribution is -0.133. The summed E-state index contributed by atoms with van der Waals surface area (Å²) in [5.74, 6) is 1.07. The maximum atomic E-state index is 12.2. The van der Waals surface area contributed by atoms with E-state index in [1.165, 1.54) is 0 Å². The summed E-state index contributed by atoms with van der Waals surface area (Å²) in [4.78, 5) is 16.4. The van der Waals surface area contributed by atoms with Crippen LogP contribution in [0.4, 0.5) is 0 Å². The summed E-state index contributed by atoms with van der Waals surface area (Å²) in [6, 6.07) is 1.96. The van der Waals surface area contributed by atoms with E-state index < -0.39 is 0 Å². The third-order valence-corrected chi connectivity index (χ3v) is 3.88. The number of nitrogens with zero attached hydrogens (tertiary/aromatic N) is 3. The van der Waals surface area contributed by atoms with Gasteiger partial charge in [0.25, 0.3) is 0 Å². The first-order chi connectivity index (χ1) is 10.1. The topological polar surface area (TPSA) is 75.6 Å². The van der Waals surface area contributed by atoms with Gasteiger partial charge in [-0.25, -0.2) is 0 Å². The predicted octanol–water partition coefficient (Wildman–Crippen LogP) is 1.14. The first-order valence-corrected chi connectivity index (χ1v) is 7.76. The van der Waals surface area contributed by atoms with Crippen LogP contribution in [0.1, 0.15) is 37.6 Å². The van der Waals surface area contributed by atoms with E-state index in [2.05, 4.69) is 17.0 Å². The van der Waals surface area contributed by atoms with Crippen LogP contribution in [0.5, 0.6) is 0 Å². The Kier molecular flexibility index (Phi) is 5.76. The number of carbonyl (C=O) groups is 1. The Morgan fingerprint density at radius 3 is 2.71 bits per heavy atom. The second-order valence-corrected chi connectivity index (χ2v) is 5.84. The van der Waals surface area contributed by atoms with Crippen molar-refractivity contribution in [3.8, 4) is 0 Å². The third kappa shape index (κ3) is 4.82. The second kappa shape index (κ2) is 7.56. The fourth-order valence-electron chi connectivity index (χ4n) is 2.69. The van der Waals surface area contributed by atoms with Crippen LogP contribution in [-0.4, -0.2) is 53.1 Å². The number of hydrogen-bond donors (Lipinski definition) is 1. The normalized spacial score (nSPS) is 18.0. The molecule has 1 aliphatic rings. The molecule has 0 aromatic carbocycles. The van der Waals surface area contributed by atoms with Crippen LogP contribution in [0, 0.1) is 6.92 Å². The number of aromatic nitrogens is 1. The molecule has 0 bridgehead atoms. The number of rotatable bonds is 6. The highest BCUT2D eigenvalue weighted by atomic mass is 16.5. The van der Waals surface area contributed by atoms with Crippen LogP contribution in [0.2, 0.25) is 0 Å². The van der Waals surface area contributed by atoms with Crippen molar-refractivity contribution in [3.05, 3.63) is 17.5 Å². The fraction of sp³-hybridized carbons (Fsp3) is 0.733. The minimum absolute atomic E-state index is 0.00213. The van der Waals surface area contributed by atoms with E-state index in [1.807, 2.05) is 17.9 Å². The van der Waals surface area contributed by atoms with Crippen molar-refractivity contribution >= 4 is 5.91 Å². The largest absolute Gasteiger partial charge is 0.360 e. The number of aryl methyl sites for hydroxylation is 1. The van der Waals surface area contributed by atoms with Gasteiger partial charge in [-0.1, -0.05) is 18.5 Å². The molecular weight excluding hydrogens is 268 g/mol. The molecule has 0 aliphatic carbocycles. The van der Waals surface area contributed by atoms with Gasteiger partial charge >= 0.3 is 0 Å². The average Bonchev–Trinajstić information content (AvgIpc) is 2.85. The molecule has 1 fully saturated rings. The zero-order valence-electron chi connectivity index (χ0n) is 13.0. The van der Waals surface area contributed by atoms with Gasteiger partial charge in [0.1, 0.15) is 0 Å². The molecule has 1 atom stereocenters. The first-order valence-electron chi connectivity index (χ1n) is 7.76. The Hall–Kier alpha value is -1.40.